The molecule has 0 saturated carbocycles. The molecule has 1 heterocycles. The van der Waals surface area contributed by atoms with Crippen molar-refractivity contribution in [3.63, 3.8) is 0 Å². The molecule has 4 nitrogen and oxygen atoms in total. The van der Waals surface area contributed by atoms with E-state index in [1.807, 2.05) is 0 Å². The fourth-order valence-electron chi connectivity index (χ4n) is 1.61. The summed E-state index contributed by atoms with van der Waals surface area (Å²) in [5.74, 6) is 5.13. The van der Waals surface area contributed by atoms with Gasteiger partial charge in [0.05, 0.1) is 17.2 Å². The van der Waals surface area contributed by atoms with Gasteiger partial charge in [0.15, 0.2) is 0 Å². The van der Waals surface area contributed by atoms with Crippen molar-refractivity contribution in [3.8, 4) is 5.75 Å². The Morgan fingerprint density at radius 2 is 2.16 bits per heavy atom. The summed E-state index contributed by atoms with van der Waals surface area (Å²) in [7, 11) is 0. The number of rotatable bonds is 4. The van der Waals surface area contributed by atoms with Crippen molar-refractivity contribution in [3.05, 3.63) is 46.4 Å². The van der Waals surface area contributed by atoms with Crippen LogP contribution >= 0.6 is 11.3 Å². The molecule has 0 aliphatic heterocycles. The van der Waals surface area contributed by atoms with Crippen LogP contribution < -0.4 is 16.0 Å². The third-order valence-corrected chi connectivity index (χ3v) is 2.94. The lowest BCUT2D eigenvalue weighted by molar-refractivity contribution is -0.274. The molecule has 2 rings (SSSR count). The molecule has 0 radical (unpaired) electrons. The van der Waals surface area contributed by atoms with Gasteiger partial charge in [0.2, 0.25) is 0 Å². The van der Waals surface area contributed by atoms with Crippen LogP contribution in [0.4, 0.5) is 13.2 Å². The van der Waals surface area contributed by atoms with Gasteiger partial charge in [-0.1, -0.05) is 12.1 Å². The number of nitrogens with zero attached hydrogens (tertiary/aromatic N) is 1. The van der Waals surface area contributed by atoms with Gasteiger partial charge in [-0.05, 0) is 17.7 Å². The van der Waals surface area contributed by atoms with Crippen molar-refractivity contribution in [2.24, 2.45) is 5.84 Å². The normalized spacial score (nSPS) is 13.3. The molecule has 1 atom stereocenters. The molecule has 19 heavy (non-hydrogen) atoms. The Hall–Kier alpha value is -1.64. The first-order valence-corrected chi connectivity index (χ1v) is 6.14. The fourth-order valence-corrected chi connectivity index (χ4v) is 2.19. The predicted molar refractivity (Wildman–Crippen MR) is 64.4 cm³/mol. The first-order valence-electron chi connectivity index (χ1n) is 5.19. The molecule has 3 N–H and O–H groups in total. The summed E-state index contributed by atoms with van der Waals surface area (Å²) in [5.41, 5.74) is 5.31. The van der Waals surface area contributed by atoms with Gasteiger partial charge in [0.25, 0.3) is 0 Å². The summed E-state index contributed by atoms with van der Waals surface area (Å²) in [6.45, 7) is 0. The number of halogens is 3. The smallest absolute Gasteiger partial charge is 0.406 e. The summed E-state index contributed by atoms with van der Waals surface area (Å²) >= 11 is 1.37. The van der Waals surface area contributed by atoms with Crippen LogP contribution in [-0.2, 0) is 0 Å². The van der Waals surface area contributed by atoms with E-state index in [-0.39, 0.29) is 5.75 Å². The molecule has 0 aliphatic rings. The highest BCUT2D eigenvalue weighted by molar-refractivity contribution is 7.07. The molecule has 0 spiro atoms. The van der Waals surface area contributed by atoms with Crippen LogP contribution in [0.3, 0.4) is 0 Å². The quantitative estimate of drug-likeness (QED) is 0.671. The molecule has 0 saturated heterocycles. The Balaban J connectivity index is 2.27. The highest BCUT2D eigenvalue weighted by Crippen LogP contribution is 2.27. The number of alkyl halides is 3. The highest BCUT2D eigenvalue weighted by atomic mass is 32.1. The van der Waals surface area contributed by atoms with Crippen LogP contribution in [0.5, 0.6) is 5.75 Å². The maximum atomic E-state index is 12.2. The number of benzene rings is 1. The summed E-state index contributed by atoms with van der Waals surface area (Å²) in [4.78, 5) is 4.08. The number of thiazole rings is 1. The second-order valence-electron chi connectivity index (χ2n) is 3.63. The zero-order valence-corrected chi connectivity index (χ0v) is 10.3. The van der Waals surface area contributed by atoms with Crippen molar-refractivity contribution < 1.29 is 17.9 Å². The topological polar surface area (TPSA) is 60.2 Å². The first kappa shape index (κ1) is 13.8. The lowest BCUT2D eigenvalue weighted by Crippen LogP contribution is -2.29. The lowest BCUT2D eigenvalue weighted by Gasteiger charge is -2.16. The third kappa shape index (κ3) is 3.66. The fraction of sp³-hybridized carbons (Fsp3) is 0.182. The van der Waals surface area contributed by atoms with Crippen molar-refractivity contribution in [2.45, 2.75) is 12.4 Å². The zero-order valence-electron chi connectivity index (χ0n) is 9.52. The largest absolute Gasteiger partial charge is 0.573 e. The van der Waals surface area contributed by atoms with E-state index in [0.29, 0.717) is 11.3 Å². The molecule has 8 heteroatoms. The van der Waals surface area contributed by atoms with Crippen molar-refractivity contribution in [1.82, 2.24) is 10.4 Å². The summed E-state index contributed by atoms with van der Waals surface area (Å²) in [5, 5.41) is 1.77. The van der Waals surface area contributed by atoms with Gasteiger partial charge in [-0.3, -0.25) is 5.84 Å². The lowest BCUT2D eigenvalue weighted by atomic mass is 10.1. The SMILES string of the molecule is NNC(c1cccc(OC(F)(F)F)c1)c1cscn1. The molecular formula is C11H10F3N3OS. The van der Waals surface area contributed by atoms with Crippen molar-refractivity contribution in [2.75, 3.05) is 0 Å². The third-order valence-electron chi connectivity index (χ3n) is 2.34. The minimum Gasteiger partial charge on any atom is -0.406 e. The Labute approximate surface area is 111 Å². The molecule has 1 aromatic heterocycles. The van der Waals surface area contributed by atoms with E-state index < -0.39 is 12.4 Å². The monoisotopic (exact) mass is 289 g/mol. The average molecular weight is 289 g/mol. The van der Waals surface area contributed by atoms with E-state index in [0.717, 1.165) is 0 Å². The number of nitrogens with one attached hydrogen (secondary N) is 1. The Bertz CT molecular complexity index is 530. The van der Waals surface area contributed by atoms with Gasteiger partial charge in [0.1, 0.15) is 5.75 Å². The van der Waals surface area contributed by atoms with Gasteiger partial charge >= 0.3 is 6.36 Å². The zero-order chi connectivity index (χ0) is 13.9. The van der Waals surface area contributed by atoms with Crippen LogP contribution in [-0.4, -0.2) is 11.3 Å². The number of ether oxygens (including phenoxy) is 1. The molecular weight excluding hydrogens is 279 g/mol. The predicted octanol–water partition coefficient (Wildman–Crippen LogP) is 2.59. The van der Waals surface area contributed by atoms with Crippen LogP contribution in [0, 0.1) is 0 Å². The van der Waals surface area contributed by atoms with Crippen LogP contribution in [0.1, 0.15) is 17.3 Å². The maximum absolute atomic E-state index is 12.2. The van der Waals surface area contributed by atoms with Gasteiger partial charge in [-0.2, -0.15) is 0 Å². The molecule has 1 aromatic carbocycles. The van der Waals surface area contributed by atoms with Gasteiger partial charge < -0.3 is 4.74 Å². The minimum atomic E-state index is -4.72. The van der Waals surface area contributed by atoms with Crippen molar-refractivity contribution >= 4 is 11.3 Å². The standard InChI is InChI=1S/C11H10F3N3OS/c12-11(13,14)18-8-3-1-2-7(4-8)10(17-15)9-5-19-6-16-9/h1-6,10,17H,15H2. The summed E-state index contributed by atoms with van der Waals surface area (Å²) in [6, 6.07) is 5.13. The molecule has 2 aromatic rings. The highest BCUT2D eigenvalue weighted by Gasteiger charge is 2.31. The van der Waals surface area contributed by atoms with E-state index in [2.05, 4.69) is 15.1 Å². The number of aromatic nitrogens is 1. The van der Waals surface area contributed by atoms with E-state index in [4.69, 9.17) is 5.84 Å². The van der Waals surface area contributed by atoms with E-state index >= 15 is 0 Å². The van der Waals surface area contributed by atoms with Crippen LogP contribution in [0.2, 0.25) is 0 Å². The Morgan fingerprint density at radius 1 is 1.37 bits per heavy atom. The molecule has 0 fully saturated rings. The molecule has 0 bridgehead atoms. The van der Waals surface area contributed by atoms with Gasteiger partial charge in [-0.15, -0.1) is 24.5 Å². The second kappa shape index (κ2) is 5.55. The molecule has 0 amide bonds. The molecule has 1 unspecified atom stereocenters. The van der Waals surface area contributed by atoms with Gasteiger partial charge in [0, 0.05) is 5.38 Å². The minimum absolute atomic E-state index is 0.291. The molecule has 0 aliphatic carbocycles. The summed E-state index contributed by atoms with van der Waals surface area (Å²) in [6.07, 6.45) is -4.72. The number of hydrogen-bond donors (Lipinski definition) is 2. The van der Waals surface area contributed by atoms with Crippen LogP contribution in [0.25, 0.3) is 0 Å². The molecule has 102 valence electrons. The van der Waals surface area contributed by atoms with Crippen LogP contribution in [0.15, 0.2) is 35.2 Å². The number of hydrazine groups is 1. The van der Waals surface area contributed by atoms with Gasteiger partial charge in [-0.25, -0.2) is 10.4 Å². The van der Waals surface area contributed by atoms with E-state index in [1.165, 1.54) is 29.5 Å². The summed E-state index contributed by atoms with van der Waals surface area (Å²) < 4.78 is 40.3. The van der Waals surface area contributed by atoms with E-state index in [9.17, 15) is 13.2 Å². The van der Waals surface area contributed by atoms with Crippen molar-refractivity contribution in [1.29, 1.82) is 0 Å². The number of nitrogens with two attached hydrogens (primary N) is 1. The average Bonchev–Trinajstić information content (AvgIpc) is 2.82. The number of hydrogen-bond acceptors (Lipinski definition) is 5. The Kier molecular flexibility index (Phi) is 4.03. The first-order chi connectivity index (χ1) is 8.99. The Morgan fingerprint density at radius 3 is 2.74 bits per heavy atom. The van der Waals surface area contributed by atoms with E-state index in [1.54, 1.807) is 17.0 Å². The second-order valence-corrected chi connectivity index (χ2v) is 4.35. The maximum Gasteiger partial charge on any atom is 0.573 e.